The zero-order valence-corrected chi connectivity index (χ0v) is 13.4. The number of nitrogens with one attached hydrogen (secondary N) is 1. The lowest BCUT2D eigenvalue weighted by atomic mass is 10.0. The average Bonchev–Trinajstić information content (AvgIpc) is 2.50. The summed E-state index contributed by atoms with van der Waals surface area (Å²) in [6.45, 7) is 7.94. The van der Waals surface area contributed by atoms with Gasteiger partial charge in [-0.2, -0.15) is 0 Å². The van der Waals surface area contributed by atoms with Crippen LogP contribution in [0, 0.1) is 0 Å². The highest BCUT2D eigenvalue weighted by molar-refractivity contribution is 5.64. The van der Waals surface area contributed by atoms with Gasteiger partial charge >= 0.3 is 0 Å². The molecule has 2 rings (SSSR count). The Morgan fingerprint density at radius 3 is 2.40 bits per heavy atom. The van der Waals surface area contributed by atoms with Crippen molar-refractivity contribution in [3.63, 3.8) is 0 Å². The number of carbonyl (C=O) groups is 1. The van der Waals surface area contributed by atoms with Crippen molar-refractivity contribution in [3.8, 4) is 0 Å². The highest BCUT2D eigenvalue weighted by atomic mass is 16.1. The van der Waals surface area contributed by atoms with Crippen LogP contribution in [0.2, 0.25) is 0 Å². The molecular weight excluding hydrogens is 248 g/mol. The Morgan fingerprint density at radius 1 is 1.20 bits per heavy atom. The smallest absolute Gasteiger partial charge is 0.142 e. The average molecular weight is 276 g/mol. The number of hydrogen-bond donors (Lipinski definition) is 1. The van der Waals surface area contributed by atoms with Crippen molar-refractivity contribution < 1.29 is 4.79 Å². The Labute approximate surface area is 123 Å². The SMILES string of the molecule is C/C=C/C=O.CC.CN(C)c1ccc2c(c1)CNCC2. The molecule has 0 spiro atoms. The first-order chi connectivity index (χ1) is 9.69. The van der Waals surface area contributed by atoms with Gasteiger partial charge in [-0.1, -0.05) is 26.0 Å². The second kappa shape index (κ2) is 11.2. The zero-order chi connectivity index (χ0) is 15.4. The van der Waals surface area contributed by atoms with Crippen molar-refractivity contribution in [1.29, 1.82) is 0 Å². The first kappa shape index (κ1) is 18.4. The number of carbonyl (C=O) groups excluding carboxylic acids is 1. The van der Waals surface area contributed by atoms with Crippen LogP contribution in [0.25, 0.3) is 0 Å². The van der Waals surface area contributed by atoms with Gasteiger partial charge in [0, 0.05) is 26.3 Å². The van der Waals surface area contributed by atoms with E-state index in [-0.39, 0.29) is 0 Å². The maximum Gasteiger partial charge on any atom is 0.142 e. The summed E-state index contributed by atoms with van der Waals surface area (Å²) in [7, 11) is 4.16. The van der Waals surface area contributed by atoms with Crippen molar-refractivity contribution >= 4 is 12.0 Å². The van der Waals surface area contributed by atoms with E-state index >= 15 is 0 Å². The third-order valence-electron chi connectivity index (χ3n) is 2.86. The second-order valence-electron chi connectivity index (χ2n) is 4.44. The molecule has 0 saturated heterocycles. The van der Waals surface area contributed by atoms with E-state index < -0.39 is 0 Å². The molecular formula is C17H28N2O. The maximum atomic E-state index is 9.32. The highest BCUT2D eigenvalue weighted by Gasteiger charge is 2.08. The molecule has 0 aromatic heterocycles. The molecule has 1 heterocycles. The maximum absolute atomic E-state index is 9.32. The summed E-state index contributed by atoms with van der Waals surface area (Å²) in [6, 6.07) is 6.73. The largest absolute Gasteiger partial charge is 0.378 e. The first-order valence-corrected chi connectivity index (χ1v) is 7.25. The summed E-state index contributed by atoms with van der Waals surface area (Å²) < 4.78 is 0. The van der Waals surface area contributed by atoms with E-state index in [0.29, 0.717) is 0 Å². The van der Waals surface area contributed by atoms with E-state index in [9.17, 15) is 4.79 Å². The Bertz CT molecular complexity index is 411. The standard InChI is InChI=1S/C11H16N2.C4H6O.C2H6/c1-13(2)11-4-3-9-5-6-12-8-10(9)7-11;1-2-3-4-5;1-2/h3-4,7,12H,5-6,8H2,1-2H3;2-4H,1H3;1-2H3/b;3-2+;. The zero-order valence-electron chi connectivity index (χ0n) is 13.4. The third-order valence-corrected chi connectivity index (χ3v) is 2.86. The summed E-state index contributed by atoms with van der Waals surface area (Å²) in [5.74, 6) is 0. The van der Waals surface area contributed by atoms with Gasteiger partial charge in [0.2, 0.25) is 0 Å². The first-order valence-electron chi connectivity index (χ1n) is 7.25. The summed E-state index contributed by atoms with van der Waals surface area (Å²) in [5, 5.41) is 3.39. The van der Waals surface area contributed by atoms with Crippen LogP contribution in [0.3, 0.4) is 0 Å². The molecule has 3 heteroatoms. The molecule has 3 nitrogen and oxygen atoms in total. The fourth-order valence-electron chi connectivity index (χ4n) is 1.82. The number of nitrogens with zero attached hydrogens (tertiary/aromatic N) is 1. The summed E-state index contributed by atoms with van der Waals surface area (Å²) in [4.78, 5) is 11.5. The van der Waals surface area contributed by atoms with Crippen LogP contribution >= 0.6 is 0 Å². The fourth-order valence-corrected chi connectivity index (χ4v) is 1.82. The number of fused-ring (bicyclic) bond motifs is 1. The van der Waals surface area contributed by atoms with E-state index in [1.54, 1.807) is 13.0 Å². The minimum atomic E-state index is 0.750. The van der Waals surface area contributed by atoms with Crippen molar-refractivity contribution in [2.75, 3.05) is 25.5 Å². The van der Waals surface area contributed by atoms with Gasteiger partial charge in [0.1, 0.15) is 6.29 Å². The van der Waals surface area contributed by atoms with Crippen LogP contribution in [0.1, 0.15) is 31.9 Å². The van der Waals surface area contributed by atoms with Gasteiger partial charge in [-0.25, -0.2) is 0 Å². The molecule has 0 saturated carbocycles. The lowest BCUT2D eigenvalue weighted by Crippen LogP contribution is -2.24. The minimum Gasteiger partial charge on any atom is -0.378 e. The second-order valence-corrected chi connectivity index (χ2v) is 4.44. The van der Waals surface area contributed by atoms with Crippen LogP contribution < -0.4 is 10.2 Å². The molecule has 20 heavy (non-hydrogen) atoms. The highest BCUT2D eigenvalue weighted by Crippen LogP contribution is 2.20. The van der Waals surface area contributed by atoms with Crippen molar-refractivity contribution in [2.45, 2.75) is 33.7 Å². The molecule has 1 aliphatic rings. The Kier molecular flexibility index (Phi) is 10.3. The Morgan fingerprint density at radius 2 is 1.90 bits per heavy atom. The molecule has 0 aliphatic carbocycles. The molecule has 1 N–H and O–H groups in total. The van der Waals surface area contributed by atoms with Gasteiger partial charge in [-0.3, -0.25) is 4.79 Å². The molecule has 0 radical (unpaired) electrons. The Hall–Kier alpha value is -1.61. The number of rotatable bonds is 2. The molecule has 0 amide bonds. The van der Waals surface area contributed by atoms with E-state index in [1.165, 1.54) is 29.3 Å². The predicted octanol–water partition coefficient (Wildman–Crippen LogP) is 3.19. The number of hydrogen-bond acceptors (Lipinski definition) is 3. The van der Waals surface area contributed by atoms with Crippen LogP contribution in [0.5, 0.6) is 0 Å². The normalized spacial score (nSPS) is 12.4. The van der Waals surface area contributed by atoms with E-state index in [1.807, 2.05) is 13.8 Å². The van der Waals surface area contributed by atoms with Crippen molar-refractivity contribution in [2.24, 2.45) is 0 Å². The van der Waals surface area contributed by atoms with Crippen molar-refractivity contribution in [3.05, 3.63) is 41.5 Å². The number of aldehydes is 1. The van der Waals surface area contributed by atoms with Crippen LogP contribution in [-0.4, -0.2) is 26.9 Å². The van der Waals surface area contributed by atoms with Gasteiger partial charge in [-0.05, 0) is 49.2 Å². The number of benzene rings is 1. The molecule has 1 aromatic rings. The molecule has 0 atom stereocenters. The number of anilines is 1. The quantitative estimate of drug-likeness (QED) is 0.665. The monoisotopic (exact) mass is 276 g/mol. The van der Waals surface area contributed by atoms with E-state index in [2.05, 4.69) is 42.5 Å². The molecule has 0 fully saturated rings. The van der Waals surface area contributed by atoms with E-state index in [0.717, 1.165) is 19.4 Å². The molecule has 0 unspecified atom stereocenters. The van der Waals surface area contributed by atoms with E-state index in [4.69, 9.17) is 0 Å². The van der Waals surface area contributed by atoms with Gasteiger partial charge in [-0.15, -0.1) is 0 Å². The van der Waals surface area contributed by atoms with Gasteiger partial charge < -0.3 is 10.2 Å². The van der Waals surface area contributed by atoms with Gasteiger partial charge in [0.25, 0.3) is 0 Å². The molecule has 1 aliphatic heterocycles. The molecule has 1 aromatic carbocycles. The van der Waals surface area contributed by atoms with Gasteiger partial charge in [0.05, 0.1) is 0 Å². The summed E-state index contributed by atoms with van der Waals surface area (Å²) >= 11 is 0. The lowest BCUT2D eigenvalue weighted by Gasteiger charge is -2.20. The Balaban J connectivity index is 0.000000441. The van der Waals surface area contributed by atoms with Gasteiger partial charge in [0.15, 0.2) is 0 Å². The lowest BCUT2D eigenvalue weighted by molar-refractivity contribution is -0.104. The number of allylic oxidation sites excluding steroid dienone is 2. The predicted molar refractivity (Wildman–Crippen MR) is 88.4 cm³/mol. The fraction of sp³-hybridized carbons (Fsp3) is 0.471. The van der Waals surface area contributed by atoms with Crippen LogP contribution in [0.15, 0.2) is 30.4 Å². The third kappa shape index (κ3) is 6.53. The van der Waals surface area contributed by atoms with Crippen LogP contribution in [-0.2, 0) is 17.8 Å². The molecule has 0 bridgehead atoms. The van der Waals surface area contributed by atoms with Crippen LogP contribution in [0.4, 0.5) is 5.69 Å². The van der Waals surface area contributed by atoms with Crippen molar-refractivity contribution in [1.82, 2.24) is 5.32 Å². The molecule has 112 valence electrons. The summed E-state index contributed by atoms with van der Waals surface area (Å²) in [5.41, 5.74) is 4.25. The summed E-state index contributed by atoms with van der Waals surface area (Å²) in [6.07, 6.45) is 5.05. The minimum absolute atomic E-state index is 0.750. The topological polar surface area (TPSA) is 32.3 Å².